The number of piperazine rings is 1. The number of hydrogen-bond donors (Lipinski definition) is 0. The molecule has 0 amide bonds. The first-order valence-corrected chi connectivity index (χ1v) is 5.89. The molecule has 5 nitrogen and oxygen atoms in total. The van der Waals surface area contributed by atoms with E-state index in [0.717, 1.165) is 19.2 Å². The standard InChI is InChI=1S/C12H16FN3O2/c1-9-8-14(2)6-7-15(9)11-5-3-4-10(13)12(11)16(17)18/h3-5,9H,6-8H2,1-2H3. The molecule has 6 heteroatoms. The molecule has 0 radical (unpaired) electrons. The largest absolute Gasteiger partial charge is 0.361 e. The monoisotopic (exact) mass is 253 g/mol. The maximum Gasteiger partial charge on any atom is 0.327 e. The summed E-state index contributed by atoms with van der Waals surface area (Å²) in [5, 5.41) is 11.0. The van der Waals surface area contributed by atoms with Crippen molar-refractivity contribution in [3.63, 3.8) is 0 Å². The van der Waals surface area contributed by atoms with E-state index in [9.17, 15) is 14.5 Å². The molecule has 1 heterocycles. The molecule has 1 unspecified atom stereocenters. The van der Waals surface area contributed by atoms with Crippen molar-refractivity contribution < 1.29 is 9.31 Å². The third kappa shape index (κ3) is 2.28. The van der Waals surface area contributed by atoms with E-state index in [4.69, 9.17) is 0 Å². The number of benzene rings is 1. The Kier molecular flexibility index (Phi) is 3.47. The lowest BCUT2D eigenvalue weighted by molar-refractivity contribution is -0.386. The molecule has 0 aliphatic carbocycles. The van der Waals surface area contributed by atoms with Gasteiger partial charge >= 0.3 is 5.69 Å². The maximum absolute atomic E-state index is 13.6. The van der Waals surface area contributed by atoms with Crippen LogP contribution in [0.15, 0.2) is 18.2 Å². The molecule has 1 aliphatic heterocycles. The predicted octanol–water partition coefficient (Wildman–Crippen LogP) is 1.87. The van der Waals surface area contributed by atoms with Gasteiger partial charge in [0, 0.05) is 25.7 Å². The molecule has 1 aromatic carbocycles. The van der Waals surface area contributed by atoms with Gasteiger partial charge in [0.1, 0.15) is 5.69 Å². The third-order valence-electron chi connectivity index (χ3n) is 3.29. The smallest absolute Gasteiger partial charge is 0.327 e. The summed E-state index contributed by atoms with van der Waals surface area (Å²) in [6, 6.07) is 4.39. The van der Waals surface area contributed by atoms with Crippen molar-refractivity contribution in [1.29, 1.82) is 0 Å². The second kappa shape index (κ2) is 4.89. The average Bonchev–Trinajstić information content (AvgIpc) is 2.28. The summed E-state index contributed by atoms with van der Waals surface area (Å²) in [4.78, 5) is 14.4. The second-order valence-electron chi connectivity index (χ2n) is 4.67. The van der Waals surface area contributed by atoms with Gasteiger partial charge in [-0.05, 0) is 26.1 Å². The molecule has 1 saturated heterocycles. The summed E-state index contributed by atoms with van der Waals surface area (Å²) < 4.78 is 13.6. The van der Waals surface area contributed by atoms with Crippen LogP contribution in [0.25, 0.3) is 0 Å². The van der Waals surface area contributed by atoms with E-state index in [1.165, 1.54) is 6.07 Å². The number of para-hydroxylation sites is 1. The number of hydrogen-bond acceptors (Lipinski definition) is 4. The van der Waals surface area contributed by atoms with Crippen LogP contribution in [0.1, 0.15) is 6.92 Å². The van der Waals surface area contributed by atoms with E-state index >= 15 is 0 Å². The lowest BCUT2D eigenvalue weighted by atomic mass is 10.1. The number of nitrogens with zero attached hydrogens (tertiary/aromatic N) is 3. The zero-order chi connectivity index (χ0) is 13.3. The summed E-state index contributed by atoms with van der Waals surface area (Å²) in [5.74, 6) is -0.774. The van der Waals surface area contributed by atoms with Gasteiger partial charge in [-0.25, -0.2) is 0 Å². The van der Waals surface area contributed by atoms with Gasteiger partial charge in [-0.1, -0.05) is 6.07 Å². The van der Waals surface area contributed by atoms with Crippen LogP contribution in [0, 0.1) is 15.9 Å². The fraction of sp³-hybridized carbons (Fsp3) is 0.500. The number of halogens is 1. The van der Waals surface area contributed by atoms with Gasteiger partial charge in [-0.3, -0.25) is 10.1 Å². The van der Waals surface area contributed by atoms with Crippen molar-refractivity contribution in [2.45, 2.75) is 13.0 Å². The quantitative estimate of drug-likeness (QED) is 0.596. The van der Waals surface area contributed by atoms with Crippen molar-refractivity contribution >= 4 is 11.4 Å². The van der Waals surface area contributed by atoms with Crippen molar-refractivity contribution in [3.05, 3.63) is 34.1 Å². The van der Waals surface area contributed by atoms with Gasteiger partial charge in [0.15, 0.2) is 0 Å². The van der Waals surface area contributed by atoms with Crippen LogP contribution in [0.4, 0.5) is 15.8 Å². The summed E-state index contributed by atoms with van der Waals surface area (Å²) >= 11 is 0. The molecule has 1 atom stereocenters. The number of rotatable bonds is 2. The van der Waals surface area contributed by atoms with Gasteiger partial charge in [0.05, 0.1) is 4.92 Å². The Bertz CT molecular complexity index is 467. The Morgan fingerprint density at radius 2 is 2.17 bits per heavy atom. The van der Waals surface area contributed by atoms with E-state index < -0.39 is 16.4 Å². The van der Waals surface area contributed by atoms with Gasteiger partial charge in [0.25, 0.3) is 0 Å². The van der Waals surface area contributed by atoms with Crippen LogP contribution in [0.3, 0.4) is 0 Å². The number of nitro benzene ring substituents is 1. The van der Waals surface area contributed by atoms with Crippen LogP contribution in [-0.4, -0.2) is 42.5 Å². The first-order chi connectivity index (χ1) is 8.50. The minimum Gasteiger partial charge on any atom is -0.361 e. The number of likely N-dealkylation sites (N-methyl/N-ethyl adjacent to an activating group) is 1. The molecular formula is C12H16FN3O2. The van der Waals surface area contributed by atoms with E-state index in [1.807, 2.05) is 18.9 Å². The fourth-order valence-electron chi connectivity index (χ4n) is 2.41. The second-order valence-corrected chi connectivity index (χ2v) is 4.67. The third-order valence-corrected chi connectivity index (χ3v) is 3.29. The molecule has 18 heavy (non-hydrogen) atoms. The molecule has 0 spiro atoms. The van der Waals surface area contributed by atoms with Gasteiger partial charge in [0.2, 0.25) is 5.82 Å². The molecule has 1 aromatic rings. The fourth-order valence-corrected chi connectivity index (χ4v) is 2.41. The summed E-state index contributed by atoms with van der Waals surface area (Å²) in [7, 11) is 2.01. The first-order valence-electron chi connectivity index (χ1n) is 5.89. The SMILES string of the molecule is CC1CN(C)CCN1c1cccc(F)c1[N+](=O)[O-]. The van der Waals surface area contributed by atoms with E-state index in [0.29, 0.717) is 12.2 Å². The Morgan fingerprint density at radius 3 is 2.78 bits per heavy atom. The number of nitro groups is 1. The van der Waals surface area contributed by atoms with Crippen LogP contribution in [0.5, 0.6) is 0 Å². The van der Waals surface area contributed by atoms with Crippen LogP contribution >= 0.6 is 0 Å². The molecular weight excluding hydrogens is 237 g/mol. The van der Waals surface area contributed by atoms with Crippen molar-refractivity contribution in [2.75, 3.05) is 31.6 Å². The Balaban J connectivity index is 2.39. The average molecular weight is 253 g/mol. The van der Waals surface area contributed by atoms with Crippen LogP contribution in [-0.2, 0) is 0 Å². The van der Waals surface area contributed by atoms with Crippen molar-refractivity contribution in [1.82, 2.24) is 4.90 Å². The molecule has 1 aliphatic rings. The first kappa shape index (κ1) is 12.8. The summed E-state index contributed by atoms with van der Waals surface area (Å²) in [6.45, 7) is 4.29. The summed E-state index contributed by atoms with van der Waals surface area (Å²) in [6.07, 6.45) is 0. The minimum atomic E-state index is -0.774. The Morgan fingerprint density at radius 1 is 1.44 bits per heavy atom. The Hall–Kier alpha value is -1.69. The summed E-state index contributed by atoms with van der Waals surface area (Å²) in [5.41, 5.74) is -0.0468. The maximum atomic E-state index is 13.6. The molecule has 98 valence electrons. The van der Waals surface area contributed by atoms with Crippen molar-refractivity contribution in [2.24, 2.45) is 0 Å². The number of anilines is 1. The topological polar surface area (TPSA) is 49.6 Å². The zero-order valence-corrected chi connectivity index (χ0v) is 10.5. The highest BCUT2D eigenvalue weighted by molar-refractivity contribution is 5.64. The van der Waals surface area contributed by atoms with Crippen molar-refractivity contribution in [3.8, 4) is 0 Å². The highest BCUT2D eigenvalue weighted by atomic mass is 19.1. The molecule has 0 N–H and O–H groups in total. The molecule has 1 fully saturated rings. The molecule has 0 bridgehead atoms. The molecule has 2 rings (SSSR count). The van der Waals surface area contributed by atoms with Gasteiger partial charge in [-0.15, -0.1) is 0 Å². The lowest BCUT2D eigenvalue weighted by Gasteiger charge is -2.39. The van der Waals surface area contributed by atoms with E-state index in [1.54, 1.807) is 6.07 Å². The van der Waals surface area contributed by atoms with Gasteiger partial charge < -0.3 is 9.80 Å². The normalized spacial score (nSPS) is 21.1. The molecule has 0 aromatic heterocycles. The highest BCUT2D eigenvalue weighted by Crippen LogP contribution is 2.32. The van der Waals surface area contributed by atoms with Crippen LogP contribution in [0.2, 0.25) is 0 Å². The predicted molar refractivity (Wildman–Crippen MR) is 67.4 cm³/mol. The van der Waals surface area contributed by atoms with Crippen LogP contribution < -0.4 is 4.90 Å². The highest BCUT2D eigenvalue weighted by Gasteiger charge is 2.29. The zero-order valence-electron chi connectivity index (χ0n) is 10.5. The van der Waals surface area contributed by atoms with Gasteiger partial charge in [-0.2, -0.15) is 4.39 Å². The molecule has 0 saturated carbocycles. The Labute approximate surface area is 105 Å². The minimum absolute atomic E-state index is 0.129. The van der Waals surface area contributed by atoms with E-state index in [2.05, 4.69) is 4.90 Å². The van der Waals surface area contributed by atoms with E-state index in [-0.39, 0.29) is 6.04 Å². The lowest BCUT2D eigenvalue weighted by Crippen LogP contribution is -2.50.